The first-order valence-electron chi connectivity index (χ1n) is 10.4. The minimum Gasteiger partial charge on any atom is -0.268 e. The van der Waals surface area contributed by atoms with Crippen LogP contribution >= 0.6 is 0 Å². The number of allylic oxidation sites excluding steroid dienone is 1. The molecule has 2 aromatic carbocycles. The Kier molecular flexibility index (Phi) is 5.27. The number of hydrogen-bond donors (Lipinski definition) is 1. The highest BCUT2D eigenvalue weighted by molar-refractivity contribution is 5.94. The molecule has 2 heterocycles. The van der Waals surface area contributed by atoms with Crippen molar-refractivity contribution in [2.75, 3.05) is 0 Å². The molecule has 0 saturated heterocycles. The molecule has 0 fully saturated rings. The van der Waals surface area contributed by atoms with Gasteiger partial charge in [0.25, 0.3) is 5.56 Å². The van der Waals surface area contributed by atoms with Crippen LogP contribution in [0.15, 0.2) is 53.5 Å². The van der Waals surface area contributed by atoms with Gasteiger partial charge in [-0.15, -0.1) is 0 Å². The lowest BCUT2D eigenvalue weighted by molar-refractivity contribution is 0.590. The molecule has 0 radical (unpaired) electrons. The molecule has 0 spiro atoms. The third-order valence-electron chi connectivity index (χ3n) is 5.74. The largest absolute Gasteiger partial charge is 0.272 e. The van der Waals surface area contributed by atoms with E-state index in [4.69, 9.17) is 0 Å². The van der Waals surface area contributed by atoms with Crippen molar-refractivity contribution in [2.24, 2.45) is 7.05 Å². The molecule has 160 valence electrons. The summed E-state index contributed by atoms with van der Waals surface area (Å²) < 4.78 is 1.75. The summed E-state index contributed by atoms with van der Waals surface area (Å²) in [5, 5.41) is 22.3. The van der Waals surface area contributed by atoms with E-state index in [0.717, 1.165) is 33.5 Å². The first-order valence-corrected chi connectivity index (χ1v) is 10.4. The monoisotopic (exact) mass is 423 g/mol. The number of nitrogens with zero attached hydrogens (tertiary/aromatic N) is 4. The molecule has 0 aliphatic carbocycles. The number of aromatic amines is 1. The molecular formula is C26H25N5O. The van der Waals surface area contributed by atoms with E-state index in [1.54, 1.807) is 16.9 Å². The van der Waals surface area contributed by atoms with Crippen LogP contribution in [0.25, 0.3) is 33.5 Å². The summed E-state index contributed by atoms with van der Waals surface area (Å²) in [6.07, 6.45) is 3.64. The van der Waals surface area contributed by atoms with Gasteiger partial charge in [0.15, 0.2) is 0 Å². The van der Waals surface area contributed by atoms with E-state index in [2.05, 4.69) is 54.3 Å². The van der Waals surface area contributed by atoms with Crippen LogP contribution in [-0.2, 0) is 12.5 Å². The first-order chi connectivity index (χ1) is 15.2. The van der Waals surface area contributed by atoms with Gasteiger partial charge >= 0.3 is 0 Å². The highest BCUT2D eigenvalue weighted by Crippen LogP contribution is 2.30. The Balaban J connectivity index is 1.81. The van der Waals surface area contributed by atoms with Crippen LogP contribution in [0, 0.1) is 18.3 Å². The second-order valence-corrected chi connectivity index (χ2v) is 8.96. The summed E-state index contributed by atoms with van der Waals surface area (Å²) in [4.78, 5) is 12.1. The van der Waals surface area contributed by atoms with Gasteiger partial charge in [-0.25, -0.2) is 5.10 Å². The van der Waals surface area contributed by atoms with Crippen molar-refractivity contribution in [1.82, 2.24) is 20.0 Å². The third kappa shape index (κ3) is 3.85. The minimum absolute atomic E-state index is 0.0506. The predicted molar refractivity (Wildman–Crippen MR) is 128 cm³/mol. The number of aromatic nitrogens is 4. The van der Waals surface area contributed by atoms with Crippen molar-refractivity contribution in [2.45, 2.75) is 33.1 Å². The van der Waals surface area contributed by atoms with Crippen molar-refractivity contribution in [1.29, 1.82) is 5.26 Å². The fourth-order valence-electron chi connectivity index (χ4n) is 3.77. The van der Waals surface area contributed by atoms with Crippen molar-refractivity contribution in [3.8, 4) is 17.2 Å². The van der Waals surface area contributed by atoms with Crippen LogP contribution in [0.4, 0.5) is 0 Å². The number of hydrogen-bond acceptors (Lipinski definition) is 4. The molecule has 0 aliphatic heterocycles. The number of H-pyrrole nitrogens is 1. The Hall–Kier alpha value is -3.98. The van der Waals surface area contributed by atoms with Gasteiger partial charge in [0, 0.05) is 18.0 Å². The van der Waals surface area contributed by atoms with Crippen LogP contribution in [-0.4, -0.2) is 20.0 Å². The Morgan fingerprint density at radius 3 is 2.50 bits per heavy atom. The Morgan fingerprint density at radius 1 is 1.12 bits per heavy atom. The second kappa shape index (κ2) is 7.93. The number of benzene rings is 2. The maximum atomic E-state index is 12.1. The standard InChI is InChI=1S/C26H25N5O/c1-16-22-12-18(8-11-21(22)25(32)30-29-16)23-15-28-31(5)24(23)13-19(14-27)17-6-9-20(10-7-17)26(2,3)4/h6-13,15H,1-5H3,(H,30,32). The smallest absolute Gasteiger partial charge is 0.268 e. The van der Waals surface area contributed by atoms with Gasteiger partial charge in [-0.2, -0.15) is 15.5 Å². The molecule has 0 bridgehead atoms. The van der Waals surface area contributed by atoms with Crippen LogP contribution in [0.3, 0.4) is 0 Å². The molecule has 0 amide bonds. The highest BCUT2D eigenvalue weighted by atomic mass is 16.1. The zero-order chi connectivity index (χ0) is 23.0. The lowest BCUT2D eigenvalue weighted by Gasteiger charge is -2.19. The second-order valence-electron chi connectivity index (χ2n) is 8.96. The van der Waals surface area contributed by atoms with Gasteiger partial charge < -0.3 is 0 Å². The average Bonchev–Trinajstić information content (AvgIpc) is 3.14. The average molecular weight is 424 g/mol. The van der Waals surface area contributed by atoms with Crippen molar-refractivity contribution < 1.29 is 0 Å². The van der Waals surface area contributed by atoms with E-state index in [9.17, 15) is 10.1 Å². The maximum absolute atomic E-state index is 12.1. The Bertz CT molecular complexity index is 1440. The van der Waals surface area contributed by atoms with Gasteiger partial charge in [-0.1, -0.05) is 51.1 Å². The fourth-order valence-corrected chi connectivity index (χ4v) is 3.77. The predicted octanol–water partition coefficient (Wildman–Crippen LogP) is 4.99. The lowest BCUT2D eigenvalue weighted by Crippen LogP contribution is -2.10. The normalized spacial score (nSPS) is 12.2. The van der Waals surface area contributed by atoms with E-state index in [0.29, 0.717) is 11.0 Å². The summed E-state index contributed by atoms with van der Waals surface area (Å²) >= 11 is 0. The number of nitrogens with one attached hydrogen (secondary N) is 1. The third-order valence-corrected chi connectivity index (χ3v) is 5.74. The minimum atomic E-state index is -0.214. The topological polar surface area (TPSA) is 87.4 Å². The van der Waals surface area contributed by atoms with E-state index < -0.39 is 0 Å². The van der Waals surface area contributed by atoms with Crippen molar-refractivity contribution in [3.63, 3.8) is 0 Å². The van der Waals surface area contributed by atoms with Gasteiger partial charge in [-0.05, 0) is 47.2 Å². The highest BCUT2D eigenvalue weighted by Gasteiger charge is 2.15. The molecule has 0 aliphatic rings. The Morgan fingerprint density at radius 2 is 1.84 bits per heavy atom. The van der Waals surface area contributed by atoms with Crippen molar-refractivity contribution >= 4 is 22.4 Å². The quantitative estimate of drug-likeness (QED) is 0.470. The molecule has 6 heteroatoms. The molecular weight excluding hydrogens is 398 g/mol. The summed E-state index contributed by atoms with van der Waals surface area (Å²) in [6.45, 7) is 8.36. The Labute approximate surface area is 186 Å². The van der Waals surface area contributed by atoms with Gasteiger partial charge in [-0.3, -0.25) is 9.48 Å². The molecule has 32 heavy (non-hydrogen) atoms. The van der Waals surface area contributed by atoms with E-state index in [1.165, 1.54) is 5.56 Å². The summed E-state index contributed by atoms with van der Waals surface area (Å²) in [5.74, 6) is 0. The first kappa shape index (κ1) is 21.3. The molecule has 0 atom stereocenters. The molecule has 2 aromatic heterocycles. The fraction of sp³-hybridized carbons (Fsp3) is 0.231. The van der Waals surface area contributed by atoms with Crippen LogP contribution < -0.4 is 5.56 Å². The molecule has 1 N–H and O–H groups in total. The van der Waals surface area contributed by atoms with E-state index in [-0.39, 0.29) is 11.0 Å². The number of rotatable bonds is 3. The van der Waals surface area contributed by atoms with Crippen LogP contribution in [0.5, 0.6) is 0 Å². The van der Waals surface area contributed by atoms with Crippen molar-refractivity contribution in [3.05, 3.63) is 81.5 Å². The zero-order valence-corrected chi connectivity index (χ0v) is 18.9. The van der Waals surface area contributed by atoms with Gasteiger partial charge in [0.2, 0.25) is 0 Å². The van der Waals surface area contributed by atoms with Gasteiger partial charge in [0.1, 0.15) is 0 Å². The van der Waals surface area contributed by atoms with E-state index in [1.807, 2.05) is 44.3 Å². The van der Waals surface area contributed by atoms with Crippen LogP contribution in [0.2, 0.25) is 0 Å². The molecule has 4 aromatic rings. The number of aryl methyl sites for hydroxylation is 2. The summed E-state index contributed by atoms with van der Waals surface area (Å²) in [6, 6.07) is 16.1. The summed E-state index contributed by atoms with van der Waals surface area (Å²) in [5.41, 5.74) is 5.83. The molecule has 4 rings (SSSR count). The SMILES string of the molecule is Cc1n[nH]c(=O)c2ccc(-c3cnn(C)c3C=C(C#N)c3ccc(C(C)(C)C)cc3)cc12. The zero-order valence-electron chi connectivity index (χ0n) is 18.9. The summed E-state index contributed by atoms with van der Waals surface area (Å²) in [7, 11) is 1.85. The number of nitriles is 1. The number of fused-ring (bicyclic) bond motifs is 1. The lowest BCUT2D eigenvalue weighted by atomic mass is 9.86. The molecule has 6 nitrogen and oxygen atoms in total. The molecule has 0 saturated carbocycles. The van der Waals surface area contributed by atoms with E-state index >= 15 is 0 Å². The van der Waals surface area contributed by atoms with Crippen LogP contribution in [0.1, 0.15) is 43.3 Å². The van der Waals surface area contributed by atoms with Gasteiger partial charge in [0.05, 0.1) is 34.6 Å². The molecule has 0 unspecified atom stereocenters. The maximum Gasteiger partial charge on any atom is 0.272 e.